The lowest BCUT2D eigenvalue weighted by Crippen LogP contribution is -2.11. The number of benzene rings is 2. The lowest BCUT2D eigenvalue weighted by molar-refractivity contribution is 0.0734. The molecule has 0 aromatic heterocycles. The topological polar surface area (TPSA) is 35.5 Å². The van der Waals surface area contributed by atoms with Crippen LogP contribution in [-0.2, 0) is 6.42 Å². The maximum absolute atomic E-state index is 12.3. The lowest BCUT2D eigenvalue weighted by Gasteiger charge is -2.12. The molecule has 2 aromatic rings. The van der Waals surface area contributed by atoms with Gasteiger partial charge in [-0.05, 0) is 74.1 Å². The van der Waals surface area contributed by atoms with Crippen molar-refractivity contribution in [2.75, 3.05) is 0 Å². The van der Waals surface area contributed by atoms with Crippen LogP contribution in [0.4, 0.5) is 0 Å². The summed E-state index contributed by atoms with van der Waals surface area (Å²) in [7, 11) is 0. The minimum absolute atomic E-state index is 0.159. The van der Waals surface area contributed by atoms with Crippen molar-refractivity contribution in [2.24, 2.45) is 5.92 Å². The fourth-order valence-corrected chi connectivity index (χ4v) is 2.49. The van der Waals surface area contributed by atoms with E-state index < -0.39 is 0 Å². The smallest absolute Gasteiger partial charge is 0.343 e. The van der Waals surface area contributed by atoms with Crippen molar-refractivity contribution in [1.82, 2.24) is 0 Å². The van der Waals surface area contributed by atoms with E-state index in [1.165, 1.54) is 18.4 Å². The number of esters is 1. The Morgan fingerprint density at radius 1 is 0.885 bits per heavy atom. The molecule has 140 valence electrons. The van der Waals surface area contributed by atoms with Crippen molar-refractivity contribution in [3.8, 4) is 11.5 Å². The number of rotatable bonds is 9. The third kappa shape index (κ3) is 6.21. The zero-order valence-electron chi connectivity index (χ0n) is 16.3. The van der Waals surface area contributed by atoms with Crippen LogP contribution >= 0.6 is 0 Å². The summed E-state index contributed by atoms with van der Waals surface area (Å²) in [6.45, 7) is 8.59. The van der Waals surface area contributed by atoms with Crippen molar-refractivity contribution in [1.29, 1.82) is 0 Å². The predicted octanol–water partition coefficient (Wildman–Crippen LogP) is 6.06. The Hall–Kier alpha value is -2.29. The number of hydrogen-bond donors (Lipinski definition) is 0. The van der Waals surface area contributed by atoms with Crippen molar-refractivity contribution in [3.05, 3.63) is 59.7 Å². The molecule has 0 saturated heterocycles. The third-order valence-electron chi connectivity index (χ3n) is 4.76. The number of carbonyl (C=O) groups excluding carboxylic acids is 1. The Morgan fingerprint density at radius 2 is 1.50 bits per heavy atom. The fraction of sp³-hybridized carbons (Fsp3) is 0.435. The first-order valence-corrected chi connectivity index (χ1v) is 9.59. The normalized spacial score (nSPS) is 13.1. The molecule has 3 heteroatoms. The van der Waals surface area contributed by atoms with E-state index in [0.29, 0.717) is 11.3 Å². The number of aryl methyl sites for hydroxylation is 1. The van der Waals surface area contributed by atoms with E-state index in [2.05, 4.69) is 20.8 Å². The molecule has 0 spiro atoms. The van der Waals surface area contributed by atoms with E-state index in [0.717, 1.165) is 24.5 Å². The molecule has 0 aliphatic carbocycles. The molecule has 0 N–H and O–H groups in total. The van der Waals surface area contributed by atoms with Gasteiger partial charge in [0.15, 0.2) is 0 Å². The van der Waals surface area contributed by atoms with Gasteiger partial charge in [-0.3, -0.25) is 0 Å². The van der Waals surface area contributed by atoms with Gasteiger partial charge in [-0.2, -0.15) is 0 Å². The summed E-state index contributed by atoms with van der Waals surface area (Å²) < 4.78 is 11.2. The maximum atomic E-state index is 12.3. The van der Waals surface area contributed by atoms with Crippen LogP contribution in [0.15, 0.2) is 48.5 Å². The molecule has 2 aromatic carbocycles. The summed E-state index contributed by atoms with van der Waals surface area (Å²) in [5, 5.41) is 0. The van der Waals surface area contributed by atoms with Gasteiger partial charge in [0.2, 0.25) is 0 Å². The largest absolute Gasteiger partial charge is 0.491 e. The summed E-state index contributed by atoms with van der Waals surface area (Å²) in [5.74, 6) is 1.72. The summed E-state index contributed by atoms with van der Waals surface area (Å²) in [6.07, 6.45) is 4.54. The van der Waals surface area contributed by atoms with Gasteiger partial charge in [0, 0.05) is 0 Å². The fourth-order valence-electron chi connectivity index (χ4n) is 2.49. The van der Waals surface area contributed by atoms with E-state index in [1.54, 1.807) is 24.3 Å². The average molecular weight is 354 g/mol. The number of carbonyl (C=O) groups is 1. The standard InChI is InChI=1S/C23H30O3/c1-5-17(3)7-8-19-9-13-22(14-10-19)26-23(24)20-11-15-21(16-12-20)25-18(4)6-2/h9-18H,5-8H2,1-4H3/t17?,18-/m1/s1. The Bertz CT molecular complexity index is 674. The van der Waals surface area contributed by atoms with Gasteiger partial charge in [0.25, 0.3) is 0 Å². The zero-order valence-corrected chi connectivity index (χ0v) is 16.3. The van der Waals surface area contributed by atoms with E-state index in [-0.39, 0.29) is 12.1 Å². The van der Waals surface area contributed by atoms with Gasteiger partial charge in [0.05, 0.1) is 11.7 Å². The summed E-state index contributed by atoms with van der Waals surface area (Å²) in [6, 6.07) is 14.9. The molecule has 0 aliphatic heterocycles. The minimum atomic E-state index is -0.354. The van der Waals surface area contributed by atoms with E-state index >= 15 is 0 Å². The lowest BCUT2D eigenvalue weighted by atomic mass is 9.99. The molecule has 2 rings (SSSR count). The highest BCUT2D eigenvalue weighted by atomic mass is 16.5. The van der Waals surface area contributed by atoms with E-state index in [4.69, 9.17) is 9.47 Å². The molecular weight excluding hydrogens is 324 g/mol. The molecule has 0 fully saturated rings. The van der Waals surface area contributed by atoms with Crippen LogP contribution in [0.2, 0.25) is 0 Å². The van der Waals surface area contributed by atoms with Gasteiger partial charge in [-0.15, -0.1) is 0 Å². The molecular formula is C23H30O3. The number of hydrogen-bond acceptors (Lipinski definition) is 3. The molecule has 0 aliphatic rings. The quantitative estimate of drug-likeness (QED) is 0.405. The van der Waals surface area contributed by atoms with Crippen LogP contribution in [0, 0.1) is 5.92 Å². The predicted molar refractivity (Wildman–Crippen MR) is 106 cm³/mol. The Balaban J connectivity index is 1.90. The zero-order chi connectivity index (χ0) is 18.9. The SMILES string of the molecule is CCC(C)CCc1ccc(OC(=O)c2ccc(O[C@H](C)CC)cc2)cc1. The first-order chi connectivity index (χ1) is 12.5. The first-order valence-electron chi connectivity index (χ1n) is 9.59. The molecule has 0 heterocycles. The second-order valence-electron chi connectivity index (χ2n) is 6.95. The monoisotopic (exact) mass is 354 g/mol. The second kappa shape index (κ2) is 10.0. The highest BCUT2D eigenvalue weighted by molar-refractivity contribution is 5.91. The van der Waals surface area contributed by atoms with Crippen LogP contribution in [0.5, 0.6) is 11.5 Å². The minimum Gasteiger partial charge on any atom is -0.491 e. The van der Waals surface area contributed by atoms with Crippen LogP contribution in [0.3, 0.4) is 0 Å². The van der Waals surface area contributed by atoms with Crippen LogP contribution in [-0.4, -0.2) is 12.1 Å². The average Bonchev–Trinajstić information content (AvgIpc) is 2.67. The Morgan fingerprint density at radius 3 is 2.08 bits per heavy atom. The Kier molecular flexibility index (Phi) is 7.71. The molecule has 26 heavy (non-hydrogen) atoms. The van der Waals surface area contributed by atoms with E-state index in [9.17, 15) is 4.79 Å². The van der Waals surface area contributed by atoms with Crippen molar-refractivity contribution in [2.45, 2.75) is 59.5 Å². The number of ether oxygens (including phenoxy) is 2. The highest BCUT2D eigenvalue weighted by Crippen LogP contribution is 2.19. The molecule has 1 unspecified atom stereocenters. The van der Waals surface area contributed by atoms with Gasteiger partial charge in [-0.25, -0.2) is 4.79 Å². The van der Waals surface area contributed by atoms with Gasteiger partial charge < -0.3 is 9.47 Å². The van der Waals surface area contributed by atoms with Crippen LogP contribution < -0.4 is 9.47 Å². The maximum Gasteiger partial charge on any atom is 0.343 e. The first kappa shape index (κ1) is 20.0. The highest BCUT2D eigenvalue weighted by Gasteiger charge is 2.10. The molecule has 0 bridgehead atoms. The summed E-state index contributed by atoms with van der Waals surface area (Å²) in [5.41, 5.74) is 1.79. The molecule has 0 radical (unpaired) electrons. The summed E-state index contributed by atoms with van der Waals surface area (Å²) in [4.78, 5) is 12.3. The van der Waals surface area contributed by atoms with Crippen LogP contribution in [0.25, 0.3) is 0 Å². The third-order valence-corrected chi connectivity index (χ3v) is 4.76. The Labute approximate surface area is 157 Å². The van der Waals surface area contributed by atoms with E-state index in [1.807, 2.05) is 31.2 Å². The van der Waals surface area contributed by atoms with Crippen molar-refractivity contribution >= 4 is 5.97 Å². The van der Waals surface area contributed by atoms with Crippen LogP contribution in [0.1, 0.15) is 62.9 Å². The van der Waals surface area contributed by atoms with Gasteiger partial charge in [0.1, 0.15) is 11.5 Å². The summed E-state index contributed by atoms with van der Waals surface area (Å²) >= 11 is 0. The molecule has 0 amide bonds. The second-order valence-corrected chi connectivity index (χ2v) is 6.95. The van der Waals surface area contributed by atoms with Gasteiger partial charge in [-0.1, -0.05) is 39.3 Å². The molecule has 3 nitrogen and oxygen atoms in total. The van der Waals surface area contributed by atoms with Crippen molar-refractivity contribution in [3.63, 3.8) is 0 Å². The van der Waals surface area contributed by atoms with Crippen molar-refractivity contribution < 1.29 is 14.3 Å². The molecule has 2 atom stereocenters. The van der Waals surface area contributed by atoms with Gasteiger partial charge >= 0.3 is 5.97 Å². The molecule has 0 saturated carbocycles.